The normalized spacial score (nSPS) is 12.7. The van der Waals surface area contributed by atoms with Crippen LogP contribution in [-0.2, 0) is 20.8 Å². The number of aromatic nitrogens is 1. The van der Waals surface area contributed by atoms with E-state index < -0.39 is 5.97 Å². The van der Waals surface area contributed by atoms with E-state index in [1.165, 1.54) is 10.8 Å². The SMILES string of the molecule is CCCCn1c(=C(C#N)C(=O)OCC)sc(=COCC)c1=O. The highest BCUT2D eigenvalue weighted by Gasteiger charge is 2.16. The lowest BCUT2D eigenvalue weighted by atomic mass is 10.3. The van der Waals surface area contributed by atoms with Crippen LogP contribution >= 0.6 is 11.3 Å². The second kappa shape index (κ2) is 9.05. The van der Waals surface area contributed by atoms with Gasteiger partial charge < -0.3 is 9.47 Å². The van der Waals surface area contributed by atoms with Crippen molar-refractivity contribution in [2.45, 2.75) is 40.2 Å². The number of hydrogen-bond acceptors (Lipinski definition) is 6. The van der Waals surface area contributed by atoms with Crippen molar-refractivity contribution in [3.63, 3.8) is 0 Å². The second-order valence-electron chi connectivity index (χ2n) is 4.36. The maximum atomic E-state index is 12.4. The molecule has 0 bridgehead atoms. The molecule has 0 fully saturated rings. The van der Waals surface area contributed by atoms with Crippen molar-refractivity contribution < 1.29 is 14.3 Å². The summed E-state index contributed by atoms with van der Waals surface area (Å²) in [7, 11) is 0. The first-order chi connectivity index (χ1) is 10.6. The van der Waals surface area contributed by atoms with E-state index in [0.717, 1.165) is 24.2 Å². The number of carbonyl (C=O) groups excluding carboxylic acids is 1. The number of rotatable bonds is 7. The Morgan fingerprint density at radius 3 is 2.64 bits per heavy atom. The fourth-order valence-corrected chi connectivity index (χ4v) is 2.79. The Morgan fingerprint density at radius 1 is 1.36 bits per heavy atom. The predicted octanol–water partition coefficient (Wildman–Crippen LogP) is 0.722. The van der Waals surface area contributed by atoms with Gasteiger partial charge in [0.05, 0.1) is 13.2 Å². The summed E-state index contributed by atoms with van der Waals surface area (Å²) in [5, 5.41) is 9.26. The molecule has 0 aromatic carbocycles. The molecule has 1 aromatic rings. The molecule has 0 radical (unpaired) electrons. The smallest absolute Gasteiger partial charge is 0.351 e. The number of ether oxygens (including phenoxy) is 2. The van der Waals surface area contributed by atoms with Gasteiger partial charge in [-0.3, -0.25) is 9.36 Å². The molecule has 120 valence electrons. The van der Waals surface area contributed by atoms with Gasteiger partial charge in [-0.15, -0.1) is 11.3 Å². The van der Waals surface area contributed by atoms with Crippen molar-refractivity contribution >= 4 is 29.1 Å². The van der Waals surface area contributed by atoms with Crippen LogP contribution in [0.25, 0.3) is 11.8 Å². The van der Waals surface area contributed by atoms with Crippen molar-refractivity contribution in [3.8, 4) is 6.07 Å². The van der Waals surface area contributed by atoms with Gasteiger partial charge >= 0.3 is 5.97 Å². The quantitative estimate of drug-likeness (QED) is 0.690. The first-order valence-corrected chi connectivity index (χ1v) is 8.05. The largest absolute Gasteiger partial charge is 0.500 e. The van der Waals surface area contributed by atoms with Gasteiger partial charge in [-0.25, -0.2) is 4.79 Å². The van der Waals surface area contributed by atoms with E-state index in [-0.39, 0.29) is 17.7 Å². The molecule has 1 aromatic heterocycles. The zero-order valence-electron chi connectivity index (χ0n) is 13.0. The Hall–Kier alpha value is -2.07. The topological polar surface area (TPSA) is 81.3 Å². The van der Waals surface area contributed by atoms with E-state index in [9.17, 15) is 14.9 Å². The van der Waals surface area contributed by atoms with Crippen LogP contribution in [0.4, 0.5) is 0 Å². The van der Waals surface area contributed by atoms with E-state index in [0.29, 0.717) is 22.3 Å². The van der Waals surface area contributed by atoms with Crippen LogP contribution in [0, 0.1) is 11.3 Å². The summed E-state index contributed by atoms with van der Waals surface area (Å²) in [6, 6.07) is 1.85. The van der Waals surface area contributed by atoms with Gasteiger partial charge in [0.15, 0.2) is 5.57 Å². The number of nitrogens with zero attached hydrogens (tertiary/aromatic N) is 2. The minimum atomic E-state index is -0.709. The van der Waals surface area contributed by atoms with Gasteiger partial charge in [-0.05, 0) is 20.3 Å². The summed E-state index contributed by atoms with van der Waals surface area (Å²) in [5.74, 6) is -0.709. The number of thiazole rings is 1. The zero-order chi connectivity index (χ0) is 16.5. The highest BCUT2D eigenvalue weighted by molar-refractivity contribution is 7.07. The molecule has 7 heteroatoms. The molecule has 1 rings (SSSR count). The molecule has 0 saturated heterocycles. The minimum absolute atomic E-state index is 0.142. The average molecular weight is 324 g/mol. The Kier molecular flexibility index (Phi) is 7.40. The molecule has 0 aliphatic carbocycles. The second-order valence-corrected chi connectivity index (χ2v) is 5.39. The highest BCUT2D eigenvalue weighted by Crippen LogP contribution is 1.98. The molecule has 22 heavy (non-hydrogen) atoms. The molecular weight excluding hydrogens is 304 g/mol. The van der Waals surface area contributed by atoms with Crippen molar-refractivity contribution in [2.24, 2.45) is 0 Å². The Morgan fingerprint density at radius 2 is 2.09 bits per heavy atom. The van der Waals surface area contributed by atoms with Crippen LogP contribution in [-0.4, -0.2) is 23.8 Å². The molecule has 0 amide bonds. The van der Waals surface area contributed by atoms with Crippen molar-refractivity contribution in [1.29, 1.82) is 5.26 Å². The van der Waals surface area contributed by atoms with Crippen molar-refractivity contribution in [3.05, 3.63) is 19.5 Å². The first-order valence-electron chi connectivity index (χ1n) is 7.23. The fourth-order valence-electron chi connectivity index (χ4n) is 1.75. The van der Waals surface area contributed by atoms with Crippen molar-refractivity contribution in [2.75, 3.05) is 13.2 Å². The van der Waals surface area contributed by atoms with Gasteiger partial charge in [0.2, 0.25) is 0 Å². The zero-order valence-corrected chi connectivity index (χ0v) is 13.9. The van der Waals surface area contributed by atoms with Gasteiger partial charge in [0.25, 0.3) is 5.56 Å². The summed E-state index contributed by atoms with van der Waals surface area (Å²) in [6.07, 6.45) is 3.05. The standard InChI is InChI=1S/C15H20N2O4S/c1-4-7-8-17-13(18)12(10-20-5-2)22-14(17)11(9-16)15(19)21-6-3/h10H,4-8H2,1-3H3. The molecule has 6 nitrogen and oxygen atoms in total. The fraction of sp³-hybridized carbons (Fsp3) is 0.533. The van der Waals surface area contributed by atoms with E-state index >= 15 is 0 Å². The summed E-state index contributed by atoms with van der Waals surface area (Å²) in [4.78, 5) is 24.3. The number of nitriles is 1. The first kappa shape index (κ1) is 18.0. The number of hydrogen-bond donors (Lipinski definition) is 0. The molecule has 0 unspecified atom stereocenters. The van der Waals surface area contributed by atoms with Gasteiger partial charge in [-0.2, -0.15) is 5.26 Å². The van der Waals surface area contributed by atoms with Gasteiger partial charge in [-0.1, -0.05) is 13.3 Å². The van der Waals surface area contributed by atoms with Crippen LogP contribution in [0.15, 0.2) is 4.79 Å². The average Bonchev–Trinajstić information content (AvgIpc) is 2.80. The predicted molar refractivity (Wildman–Crippen MR) is 84.5 cm³/mol. The Balaban J connectivity index is 3.59. The van der Waals surface area contributed by atoms with Crippen LogP contribution in [0.1, 0.15) is 33.6 Å². The highest BCUT2D eigenvalue weighted by atomic mass is 32.1. The van der Waals surface area contributed by atoms with Gasteiger partial charge in [0.1, 0.15) is 21.5 Å². The molecule has 0 spiro atoms. The van der Waals surface area contributed by atoms with Gasteiger partial charge in [0, 0.05) is 6.54 Å². The van der Waals surface area contributed by atoms with Crippen LogP contribution in [0.2, 0.25) is 0 Å². The Bertz CT molecular complexity index is 724. The number of esters is 1. The third kappa shape index (κ3) is 4.21. The molecule has 0 N–H and O–H groups in total. The molecule has 0 aliphatic rings. The molecule has 0 atom stereocenters. The Labute approximate surface area is 132 Å². The number of unbranched alkanes of at least 4 members (excludes halogenated alkanes) is 1. The maximum Gasteiger partial charge on any atom is 0.351 e. The van der Waals surface area contributed by atoms with Crippen molar-refractivity contribution in [1.82, 2.24) is 4.57 Å². The van der Waals surface area contributed by atoms with Crippen LogP contribution in [0.5, 0.6) is 0 Å². The lowest BCUT2D eigenvalue weighted by molar-refractivity contribution is -0.136. The van der Waals surface area contributed by atoms with E-state index in [1.807, 2.05) is 19.9 Å². The van der Waals surface area contributed by atoms with Crippen LogP contribution < -0.4 is 14.8 Å². The third-order valence-electron chi connectivity index (χ3n) is 2.81. The summed E-state index contributed by atoms with van der Waals surface area (Å²) >= 11 is 1.07. The lowest BCUT2D eigenvalue weighted by Gasteiger charge is -2.02. The van der Waals surface area contributed by atoms with E-state index in [1.54, 1.807) is 6.92 Å². The van der Waals surface area contributed by atoms with E-state index in [4.69, 9.17) is 9.47 Å². The minimum Gasteiger partial charge on any atom is -0.500 e. The lowest BCUT2D eigenvalue weighted by Crippen LogP contribution is -2.33. The summed E-state index contributed by atoms with van der Waals surface area (Å²) in [5.41, 5.74) is -0.393. The summed E-state index contributed by atoms with van der Waals surface area (Å²) < 4.78 is 12.2. The molecule has 0 saturated carbocycles. The molecule has 1 heterocycles. The molecular formula is C15H20N2O4S. The summed E-state index contributed by atoms with van der Waals surface area (Å²) in [6.45, 7) is 6.54. The maximum absolute atomic E-state index is 12.4. The van der Waals surface area contributed by atoms with E-state index in [2.05, 4.69) is 0 Å². The third-order valence-corrected chi connectivity index (χ3v) is 3.91. The van der Waals surface area contributed by atoms with Crippen LogP contribution in [0.3, 0.4) is 0 Å². The monoisotopic (exact) mass is 324 g/mol. The number of carbonyl (C=O) groups is 1. The molecule has 0 aliphatic heterocycles.